The molecule has 1 aromatic carbocycles. The molecular weight excluding hydrogens is 221 g/mol. The van der Waals surface area contributed by atoms with Gasteiger partial charge in [-0.1, -0.05) is 6.07 Å². The Bertz CT molecular complexity index is 366. The first-order valence-corrected chi connectivity index (χ1v) is 5.61. The van der Waals surface area contributed by atoms with Crippen LogP contribution in [0.4, 0.5) is 10.1 Å². The minimum absolute atomic E-state index is 0.186. The highest BCUT2D eigenvalue weighted by Crippen LogP contribution is 2.16. The summed E-state index contributed by atoms with van der Waals surface area (Å²) in [5, 5.41) is 0. The van der Waals surface area contributed by atoms with Gasteiger partial charge in [0.15, 0.2) is 0 Å². The van der Waals surface area contributed by atoms with Gasteiger partial charge in [-0.2, -0.15) is 0 Å². The van der Waals surface area contributed by atoms with Gasteiger partial charge in [-0.25, -0.2) is 4.39 Å². The zero-order chi connectivity index (χ0) is 12.9. The molecule has 0 aliphatic rings. The number of rotatable bonds is 6. The zero-order valence-corrected chi connectivity index (χ0v) is 10.6. The fourth-order valence-electron chi connectivity index (χ4n) is 1.30. The van der Waals surface area contributed by atoms with Crippen LogP contribution in [-0.4, -0.2) is 19.3 Å². The molecular formula is C13H20FNO2. The average Bonchev–Trinajstić information content (AvgIpc) is 2.27. The second-order valence-electron chi connectivity index (χ2n) is 4.61. The number of anilines is 1. The van der Waals surface area contributed by atoms with Crippen molar-refractivity contribution in [3.05, 3.63) is 29.6 Å². The number of nitrogen functional groups attached to an aromatic ring is 1. The van der Waals surface area contributed by atoms with E-state index in [1.54, 1.807) is 13.2 Å². The van der Waals surface area contributed by atoms with Gasteiger partial charge in [0.25, 0.3) is 0 Å². The molecule has 0 saturated carbocycles. The van der Waals surface area contributed by atoms with E-state index in [2.05, 4.69) is 0 Å². The van der Waals surface area contributed by atoms with Crippen molar-refractivity contribution >= 4 is 5.69 Å². The standard InChI is InChI=1S/C13H20FNO2/c1-13(2,16-3)6-7-17-9-10-4-5-11(14)8-12(10)15/h4-5,8H,6-7,9,15H2,1-3H3. The zero-order valence-electron chi connectivity index (χ0n) is 10.6. The number of halogens is 1. The lowest BCUT2D eigenvalue weighted by atomic mass is 10.1. The summed E-state index contributed by atoms with van der Waals surface area (Å²) >= 11 is 0. The van der Waals surface area contributed by atoms with E-state index < -0.39 is 0 Å². The van der Waals surface area contributed by atoms with Gasteiger partial charge in [-0.15, -0.1) is 0 Å². The van der Waals surface area contributed by atoms with Crippen molar-refractivity contribution in [2.75, 3.05) is 19.5 Å². The molecule has 3 nitrogen and oxygen atoms in total. The van der Waals surface area contributed by atoms with E-state index in [4.69, 9.17) is 15.2 Å². The first-order chi connectivity index (χ1) is 7.94. The molecule has 0 aromatic heterocycles. The van der Waals surface area contributed by atoms with E-state index in [9.17, 15) is 4.39 Å². The third-order valence-electron chi connectivity index (χ3n) is 2.77. The van der Waals surface area contributed by atoms with Crippen LogP contribution in [0.2, 0.25) is 0 Å². The third kappa shape index (κ3) is 4.71. The molecule has 0 amide bonds. The number of ether oxygens (including phenoxy) is 2. The average molecular weight is 241 g/mol. The van der Waals surface area contributed by atoms with E-state index in [1.165, 1.54) is 12.1 Å². The third-order valence-corrected chi connectivity index (χ3v) is 2.77. The molecule has 2 N–H and O–H groups in total. The molecule has 96 valence electrons. The van der Waals surface area contributed by atoms with Crippen LogP contribution in [0.15, 0.2) is 18.2 Å². The van der Waals surface area contributed by atoms with Gasteiger partial charge in [0, 0.05) is 25.0 Å². The Balaban J connectivity index is 2.36. The van der Waals surface area contributed by atoms with E-state index in [-0.39, 0.29) is 11.4 Å². The van der Waals surface area contributed by atoms with Crippen LogP contribution in [-0.2, 0) is 16.1 Å². The van der Waals surface area contributed by atoms with E-state index in [1.807, 2.05) is 13.8 Å². The summed E-state index contributed by atoms with van der Waals surface area (Å²) in [5.41, 5.74) is 6.72. The highest BCUT2D eigenvalue weighted by Gasteiger charge is 2.15. The molecule has 0 aliphatic heterocycles. The molecule has 17 heavy (non-hydrogen) atoms. The minimum atomic E-state index is -0.327. The van der Waals surface area contributed by atoms with Crippen molar-refractivity contribution in [1.82, 2.24) is 0 Å². The first kappa shape index (κ1) is 13.9. The molecule has 0 bridgehead atoms. The van der Waals surface area contributed by atoms with Crippen molar-refractivity contribution < 1.29 is 13.9 Å². The summed E-state index contributed by atoms with van der Waals surface area (Å²) in [6, 6.07) is 4.33. The largest absolute Gasteiger partial charge is 0.398 e. The molecule has 0 unspecified atom stereocenters. The summed E-state index contributed by atoms with van der Waals surface area (Å²) in [5.74, 6) is -0.327. The van der Waals surface area contributed by atoms with Crippen molar-refractivity contribution in [3.63, 3.8) is 0 Å². The lowest BCUT2D eigenvalue weighted by Gasteiger charge is -2.22. The van der Waals surface area contributed by atoms with Crippen LogP contribution < -0.4 is 5.73 Å². The minimum Gasteiger partial charge on any atom is -0.398 e. The molecule has 0 radical (unpaired) electrons. The Morgan fingerprint density at radius 2 is 2.06 bits per heavy atom. The maximum atomic E-state index is 12.8. The molecule has 0 heterocycles. The van der Waals surface area contributed by atoms with Crippen molar-refractivity contribution in [3.8, 4) is 0 Å². The van der Waals surface area contributed by atoms with Crippen LogP contribution in [0.25, 0.3) is 0 Å². The predicted molar refractivity (Wildman–Crippen MR) is 66.2 cm³/mol. The molecule has 4 heteroatoms. The monoisotopic (exact) mass is 241 g/mol. The highest BCUT2D eigenvalue weighted by atomic mass is 19.1. The molecule has 0 atom stereocenters. The smallest absolute Gasteiger partial charge is 0.125 e. The van der Waals surface area contributed by atoms with Gasteiger partial charge in [0.05, 0.1) is 12.2 Å². The number of benzene rings is 1. The molecule has 0 aliphatic carbocycles. The predicted octanol–water partition coefficient (Wildman–Crippen LogP) is 2.74. The summed E-state index contributed by atoms with van der Waals surface area (Å²) in [6.45, 7) is 4.98. The molecule has 1 aromatic rings. The summed E-state index contributed by atoms with van der Waals surface area (Å²) in [6.07, 6.45) is 0.796. The Kier molecular flexibility index (Phi) is 4.90. The van der Waals surface area contributed by atoms with Gasteiger partial charge < -0.3 is 15.2 Å². The van der Waals surface area contributed by atoms with Crippen LogP contribution in [0.1, 0.15) is 25.8 Å². The lowest BCUT2D eigenvalue weighted by molar-refractivity contribution is -0.0123. The van der Waals surface area contributed by atoms with Gasteiger partial charge >= 0.3 is 0 Å². The molecule has 1 rings (SSSR count). The lowest BCUT2D eigenvalue weighted by Crippen LogP contribution is -2.24. The van der Waals surface area contributed by atoms with Gasteiger partial charge in [0.2, 0.25) is 0 Å². The molecule has 0 saturated heterocycles. The van der Waals surface area contributed by atoms with Crippen molar-refractivity contribution in [1.29, 1.82) is 0 Å². The fraction of sp³-hybridized carbons (Fsp3) is 0.538. The summed E-state index contributed by atoms with van der Waals surface area (Å²) < 4.78 is 23.6. The number of hydrogen-bond donors (Lipinski definition) is 1. The molecule has 0 spiro atoms. The summed E-state index contributed by atoms with van der Waals surface area (Å²) in [4.78, 5) is 0. The molecule has 0 fully saturated rings. The first-order valence-electron chi connectivity index (χ1n) is 5.61. The van der Waals surface area contributed by atoms with Crippen LogP contribution in [0, 0.1) is 5.82 Å². The Morgan fingerprint density at radius 3 is 2.65 bits per heavy atom. The van der Waals surface area contributed by atoms with Gasteiger partial charge in [-0.3, -0.25) is 0 Å². The Morgan fingerprint density at radius 1 is 1.35 bits per heavy atom. The second-order valence-corrected chi connectivity index (χ2v) is 4.61. The highest BCUT2D eigenvalue weighted by molar-refractivity contribution is 5.46. The maximum Gasteiger partial charge on any atom is 0.125 e. The van der Waals surface area contributed by atoms with E-state index in [0.717, 1.165) is 12.0 Å². The number of hydrogen-bond acceptors (Lipinski definition) is 3. The topological polar surface area (TPSA) is 44.5 Å². The Labute approximate surface area is 102 Å². The van der Waals surface area contributed by atoms with E-state index in [0.29, 0.717) is 18.9 Å². The van der Waals surface area contributed by atoms with Crippen molar-refractivity contribution in [2.24, 2.45) is 0 Å². The second kappa shape index (κ2) is 5.98. The van der Waals surface area contributed by atoms with E-state index >= 15 is 0 Å². The summed E-state index contributed by atoms with van der Waals surface area (Å²) in [7, 11) is 1.68. The quantitative estimate of drug-likeness (QED) is 0.615. The van der Waals surface area contributed by atoms with Crippen molar-refractivity contribution in [2.45, 2.75) is 32.5 Å². The number of nitrogens with two attached hydrogens (primary N) is 1. The van der Waals surface area contributed by atoms with Crippen LogP contribution >= 0.6 is 0 Å². The fourth-order valence-corrected chi connectivity index (χ4v) is 1.30. The Hall–Kier alpha value is -1.13. The van der Waals surface area contributed by atoms with Crippen LogP contribution in [0.3, 0.4) is 0 Å². The SMILES string of the molecule is COC(C)(C)CCOCc1ccc(F)cc1N. The van der Waals surface area contributed by atoms with Gasteiger partial charge in [-0.05, 0) is 32.4 Å². The normalized spacial score (nSPS) is 11.8. The van der Waals surface area contributed by atoms with Gasteiger partial charge in [0.1, 0.15) is 5.82 Å². The van der Waals surface area contributed by atoms with Crippen LogP contribution in [0.5, 0.6) is 0 Å². The maximum absolute atomic E-state index is 12.8. The number of methoxy groups -OCH3 is 1.